The van der Waals surface area contributed by atoms with E-state index in [0.29, 0.717) is 5.69 Å². The molecule has 0 saturated heterocycles. The summed E-state index contributed by atoms with van der Waals surface area (Å²) in [4.78, 5) is 4.06. The zero-order valence-electron chi connectivity index (χ0n) is 9.36. The first-order valence-corrected chi connectivity index (χ1v) is 5.15. The Balaban J connectivity index is 2.60. The average Bonchev–Trinajstić information content (AvgIpc) is 2.32. The maximum absolute atomic E-state index is 8.99. The lowest BCUT2D eigenvalue weighted by atomic mass is 10.00. The van der Waals surface area contributed by atoms with Crippen molar-refractivity contribution in [2.24, 2.45) is 0 Å². The van der Waals surface area contributed by atoms with E-state index in [9.17, 15) is 0 Å². The zero-order chi connectivity index (χ0) is 11.5. The molecule has 2 heteroatoms. The molecule has 0 aliphatic carbocycles. The molecular weight excluding hydrogens is 196 g/mol. The molecule has 0 radical (unpaired) electrons. The maximum atomic E-state index is 8.99. The highest BCUT2D eigenvalue weighted by Gasteiger charge is 2.05. The zero-order valence-corrected chi connectivity index (χ0v) is 9.36. The molecule has 0 spiro atoms. The number of hydrogen-bond donors (Lipinski definition) is 0. The van der Waals surface area contributed by atoms with Crippen molar-refractivity contribution in [2.75, 3.05) is 0 Å². The smallest absolute Gasteiger partial charge is 0.148 e. The molecule has 2 nitrogen and oxygen atoms in total. The number of pyridine rings is 1. The van der Waals surface area contributed by atoms with Crippen LogP contribution in [-0.4, -0.2) is 4.98 Å². The fourth-order valence-corrected chi connectivity index (χ4v) is 1.64. The molecule has 1 heterocycles. The third kappa shape index (κ3) is 1.80. The van der Waals surface area contributed by atoms with E-state index >= 15 is 0 Å². The van der Waals surface area contributed by atoms with Crippen molar-refractivity contribution in [1.29, 1.82) is 5.26 Å². The second-order valence-electron chi connectivity index (χ2n) is 3.81. The minimum Gasteiger partial charge on any atom is -0.245 e. The van der Waals surface area contributed by atoms with Gasteiger partial charge in [0.05, 0.1) is 0 Å². The predicted molar refractivity (Wildman–Crippen MR) is 63.9 cm³/mol. The van der Waals surface area contributed by atoms with E-state index in [4.69, 9.17) is 5.26 Å². The summed E-state index contributed by atoms with van der Waals surface area (Å²) < 4.78 is 0. The molecule has 16 heavy (non-hydrogen) atoms. The summed E-state index contributed by atoms with van der Waals surface area (Å²) >= 11 is 0. The summed E-state index contributed by atoms with van der Waals surface area (Å²) in [7, 11) is 0. The Morgan fingerprint density at radius 2 is 1.94 bits per heavy atom. The van der Waals surface area contributed by atoms with Gasteiger partial charge in [0.1, 0.15) is 11.8 Å². The van der Waals surface area contributed by atoms with Crippen LogP contribution in [-0.2, 0) is 0 Å². The maximum Gasteiger partial charge on any atom is 0.148 e. The monoisotopic (exact) mass is 208 g/mol. The first kappa shape index (κ1) is 10.4. The molecular formula is C14H12N2. The highest BCUT2D eigenvalue weighted by molar-refractivity contribution is 5.69. The largest absolute Gasteiger partial charge is 0.245 e. The topological polar surface area (TPSA) is 36.7 Å². The van der Waals surface area contributed by atoms with Gasteiger partial charge in [0.2, 0.25) is 0 Å². The van der Waals surface area contributed by atoms with Crippen molar-refractivity contribution in [3.63, 3.8) is 0 Å². The van der Waals surface area contributed by atoms with Crippen LogP contribution in [0.25, 0.3) is 11.1 Å². The van der Waals surface area contributed by atoms with E-state index in [1.165, 1.54) is 11.1 Å². The van der Waals surface area contributed by atoms with E-state index in [0.717, 1.165) is 11.1 Å². The number of nitriles is 1. The van der Waals surface area contributed by atoms with Gasteiger partial charge in [-0.15, -0.1) is 0 Å². The van der Waals surface area contributed by atoms with Gasteiger partial charge in [0.25, 0.3) is 0 Å². The van der Waals surface area contributed by atoms with Crippen LogP contribution in [0.4, 0.5) is 0 Å². The lowest BCUT2D eigenvalue weighted by molar-refractivity contribution is 1.26. The lowest BCUT2D eigenvalue weighted by Gasteiger charge is -2.06. The molecule has 78 valence electrons. The summed E-state index contributed by atoms with van der Waals surface area (Å²) in [5.41, 5.74) is 4.91. The molecule has 0 N–H and O–H groups in total. The van der Waals surface area contributed by atoms with Crippen molar-refractivity contribution < 1.29 is 0 Å². The Labute approximate surface area is 95.2 Å². The fraction of sp³-hybridized carbons (Fsp3) is 0.143. The highest BCUT2D eigenvalue weighted by atomic mass is 14.7. The summed E-state index contributed by atoms with van der Waals surface area (Å²) in [5.74, 6) is 0. The molecule has 2 rings (SSSR count). The molecule has 1 aromatic heterocycles. The van der Waals surface area contributed by atoms with Gasteiger partial charge in [0, 0.05) is 11.8 Å². The fourth-order valence-electron chi connectivity index (χ4n) is 1.64. The van der Waals surface area contributed by atoms with Gasteiger partial charge in [-0.1, -0.05) is 18.2 Å². The molecule has 0 saturated carbocycles. The number of hydrogen-bond acceptors (Lipinski definition) is 2. The number of rotatable bonds is 1. The van der Waals surface area contributed by atoms with Gasteiger partial charge in [-0.2, -0.15) is 5.26 Å². The SMILES string of the molecule is Cc1ccc(-c2cccnc2C#N)cc1C. The second kappa shape index (κ2) is 4.16. The minimum absolute atomic E-state index is 0.478. The molecule has 0 aliphatic rings. The number of aryl methyl sites for hydroxylation is 2. The number of nitrogens with zero attached hydrogens (tertiary/aromatic N) is 2. The van der Waals surface area contributed by atoms with Crippen LogP contribution in [0.1, 0.15) is 16.8 Å². The summed E-state index contributed by atoms with van der Waals surface area (Å²) in [6, 6.07) is 12.1. The van der Waals surface area contributed by atoms with E-state index in [1.54, 1.807) is 6.20 Å². The molecule has 1 aromatic carbocycles. The van der Waals surface area contributed by atoms with Crippen molar-refractivity contribution in [3.8, 4) is 17.2 Å². The van der Waals surface area contributed by atoms with Gasteiger partial charge in [-0.25, -0.2) is 4.98 Å². The molecule has 0 fully saturated rings. The Kier molecular flexibility index (Phi) is 2.70. The van der Waals surface area contributed by atoms with Crippen molar-refractivity contribution in [1.82, 2.24) is 4.98 Å². The van der Waals surface area contributed by atoms with Crippen LogP contribution in [0.15, 0.2) is 36.5 Å². The first-order valence-electron chi connectivity index (χ1n) is 5.15. The van der Waals surface area contributed by atoms with Crippen LogP contribution in [0, 0.1) is 25.2 Å². The van der Waals surface area contributed by atoms with E-state index in [1.807, 2.05) is 18.2 Å². The number of aromatic nitrogens is 1. The molecule has 0 atom stereocenters. The van der Waals surface area contributed by atoms with Crippen LogP contribution in [0.3, 0.4) is 0 Å². The highest BCUT2D eigenvalue weighted by Crippen LogP contribution is 2.23. The van der Waals surface area contributed by atoms with Crippen LogP contribution in [0.2, 0.25) is 0 Å². The quantitative estimate of drug-likeness (QED) is 0.721. The third-order valence-electron chi connectivity index (χ3n) is 2.73. The molecule has 0 unspecified atom stereocenters. The van der Waals surface area contributed by atoms with Crippen LogP contribution in [0.5, 0.6) is 0 Å². The van der Waals surface area contributed by atoms with Gasteiger partial charge in [-0.3, -0.25) is 0 Å². The van der Waals surface area contributed by atoms with Crippen LogP contribution >= 0.6 is 0 Å². The molecule has 0 amide bonds. The van der Waals surface area contributed by atoms with Gasteiger partial charge in [-0.05, 0) is 42.7 Å². The standard InChI is InChI=1S/C14H12N2/c1-10-5-6-12(8-11(10)2)13-4-3-7-16-14(13)9-15/h3-8H,1-2H3. The minimum atomic E-state index is 0.478. The van der Waals surface area contributed by atoms with Gasteiger partial charge in [0.15, 0.2) is 0 Å². The predicted octanol–water partition coefficient (Wildman–Crippen LogP) is 3.24. The van der Waals surface area contributed by atoms with Gasteiger partial charge >= 0.3 is 0 Å². The number of benzene rings is 1. The summed E-state index contributed by atoms with van der Waals surface area (Å²) in [5, 5.41) is 8.99. The Hall–Kier alpha value is -2.14. The summed E-state index contributed by atoms with van der Waals surface area (Å²) in [6.45, 7) is 4.15. The van der Waals surface area contributed by atoms with E-state index in [2.05, 4.69) is 37.0 Å². The Morgan fingerprint density at radius 3 is 2.62 bits per heavy atom. The Morgan fingerprint density at radius 1 is 1.12 bits per heavy atom. The van der Waals surface area contributed by atoms with Crippen LogP contribution < -0.4 is 0 Å². The van der Waals surface area contributed by atoms with E-state index < -0.39 is 0 Å². The average molecular weight is 208 g/mol. The Bertz CT molecular complexity index is 565. The lowest BCUT2D eigenvalue weighted by Crippen LogP contribution is -1.89. The summed E-state index contributed by atoms with van der Waals surface area (Å²) in [6.07, 6.45) is 1.64. The van der Waals surface area contributed by atoms with Crippen molar-refractivity contribution in [3.05, 3.63) is 53.3 Å². The molecule has 0 bridgehead atoms. The first-order chi connectivity index (χ1) is 7.72. The van der Waals surface area contributed by atoms with Crippen molar-refractivity contribution >= 4 is 0 Å². The van der Waals surface area contributed by atoms with Gasteiger partial charge < -0.3 is 0 Å². The molecule has 2 aromatic rings. The van der Waals surface area contributed by atoms with Crippen molar-refractivity contribution in [2.45, 2.75) is 13.8 Å². The third-order valence-corrected chi connectivity index (χ3v) is 2.73. The van der Waals surface area contributed by atoms with E-state index in [-0.39, 0.29) is 0 Å². The second-order valence-corrected chi connectivity index (χ2v) is 3.81. The molecule has 0 aliphatic heterocycles. The normalized spacial score (nSPS) is 9.81.